The maximum atomic E-state index is 12.3. The van der Waals surface area contributed by atoms with E-state index in [1.54, 1.807) is 16.9 Å². The van der Waals surface area contributed by atoms with E-state index in [4.69, 9.17) is 0 Å². The third-order valence-electron chi connectivity index (χ3n) is 5.65. The van der Waals surface area contributed by atoms with Crippen LogP contribution in [0, 0.1) is 5.92 Å². The summed E-state index contributed by atoms with van der Waals surface area (Å²) in [5, 5.41) is 13.0. The van der Waals surface area contributed by atoms with Crippen molar-refractivity contribution >= 4 is 11.3 Å². The number of hydrogen-bond donors (Lipinski definition) is 2. The molecule has 1 aliphatic heterocycles. The summed E-state index contributed by atoms with van der Waals surface area (Å²) in [6.07, 6.45) is 8.74. The fraction of sp³-hybridized carbons (Fsp3) is 0.400. The summed E-state index contributed by atoms with van der Waals surface area (Å²) in [5.41, 5.74) is 2.40. The standard InChI is InChI=1S/C20H23N9O2/c1-12(2)29-11-14(24-26-29)7-13-3-5-27(10-13)17-8-16(25-28-6-4-21-18(17)28)15-9-22-20(31)23-19(15)30/h4,6,8-9,11-13H,3,5,7,10H2,1-2H3,(H2,22,23,30,31). The second-order valence-corrected chi connectivity index (χ2v) is 8.18. The number of imidazole rings is 1. The molecule has 4 aromatic rings. The van der Waals surface area contributed by atoms with Gasteiger partial charge in [0, 0.05) is 43.9 Å². The van der Waals surface area contributed by atoms with Gasteiger partial charge in [-0.05, 0) is 38.7 Å². The van der Waals surface area contributed by atoms with E-state index in [1.165, 1.54) is 6.20 Å². The van der Waals surface area contributed by atoms with Crippen molar-refractivity contribution in [3.05, 3.63) is 57.4 Å². The van der Waals surface area contributed by atoms with Crippen molar-refractivity contribution in [2.75, 3.05) is 18.0 Å². The lowest BCUT2D eigenvalue weighted by Crippen LogP contribution is -2.24. The molecular weight excluding hydrogens is 398 g/mol. The number of rotatable bonds is 5. The minimum absolute atomic E-state index is 0.293. The first-order valence-electron chi connectivity index (χ1n) is 10.3. The Kier molecular flexibility index (Phi) is 4.64. The van der Waals surface area contributed by atoms with Crippen molar-refractivity contribution < 1.29 is 0 Å². The minimum atomic E-state index is -0.547. The molecule has 31 heavy (non-hydrogen) atoms. The lowest BCUT2D eigenvalue weighted by Gasteiger charge is -2.20. The Bertz CT molecular complexity index is 1350. The maximum Gasteiger partial charge on any atom is 0.325 e. The van der Waals surface area contributed by atoms with Gasteiger partial charge in [0.25, 0.3) is 5.56 Å². The molecule has 0 aliphatic carbocycles. The van der Waals surface area contributed by atoms with Crippen molar-refractivity contribution in [1.29, 1.82) is 0 Å². The van der Waals surface area contributed by atoms with Gasteiger partial charge in [0.05, 0.1) is 16.9 Å². The molecule has 11 nitrogen and oxygen atoms in total. The summed E-state index contributed by atoms with van der Waals surface area (Å²) in [5.74, 6) is 0.445. The first-order chi connectivity index (χ1) is 15.0. The van der Waals surface area contributed by atoms with Crippen LogP contribution in [0.1, 0.15) is 32.0 Å². The highest BCUT2D eigenvalue weighted by Gasteiger charge is 2.26. The molecule has 0 spiro atoms. The maximum absolute atomic E-state index is 12.3. The molecule has 0 bridgehead atoms. The van der Waals surface area contributed by atoms with Crippen molar-refractivity contribution in [2.45, 2.75) is 32.7 Å². The van der Waals surface area contributed by atoms with E-state index in [0.717, 1.165) is 43.0 Å². The predicted octanol–water partition coefficient (Wildman–Crippen LogP) is 1.01. The molecule has 11 heteroatoms. The Labute approximate surface area is 176 Å². The summed E-state index contributed by atoms with van der Waals surface area (Å²) < 4.78 is 3.55. The number of fused-ring (bicyclic) bond motifs is 1. The topological polar surface area (TPSA) is 130 Å². The molecule has 1 saturated heterocycles. The van der Waals surface area contributed by atoms with Gasteiger partial charge in [-0.2, -0.15) is 5.10 Å². The lowest BCUT2D eigenvalue weighted by molar-refractivity contribution is 0.514. The molecular formula is C20H23N9O2. The van der Waals surface area contributed by atoms with Crippen LogP contribution in [0.2, 0.25) is 0 Å². The molecule has 2 N–H and O–H groups in total. The Morgan fingerprint density at radius 3 is 2.94 bits per heavy atom. The van der Waals surface area contributed by atoms with Crippen LogP contribution in [0.25, 0.3) is 16.9 Å². The molecule has 1 atom stereocenters. The zero-order chi connectivity index (χ0) is 21.5. The van der Waals surface area contributed by atoms with Crippen molar-refractivity contribution in [3.63, 3.8) is 0 Å². The number of hydrogen-bond acceptors (Lipinski definition) is 7. The van der Waals surface area contributed by atoms with Crippen LogP contribution in [-0.2, 0) is 6.42 Å². The largest absolute Gasteiger partial charge is 0.368 e. The number of aromatic nitrogens is 8. The Morgan fingerprint density at radius 2 is 2.16 bits per heavy atom. The molecule has 1 unspecified atom stereocenters. The van der Waals surface area contributed by atoms with Crippen LogP contribution in [0.4, 0.5) is 5.69 Å². The summed E-state index contributed by atoms with van der Waals surface area (Å²) in [6.45, 7) is 5.89. The molecule has 5 rings (SSSR count). The first-order valence-corrected chi connectivity index (χ1v) is 10.3. The molecule has 160 valence electrons. The van der Waals surface area contributed by atoms with Crippen LogP contribution in [-0.4, -0.2) is 52.6 Å². The zero-order valence-corrected chi connectivity index (χ0v) is 17.3. The monoisotopic (exact) mass is 421 g/mol. The van der Waals surface area contributed by atoms with Gasteiger partial charge in [-0.15, -0.1) is 5.10 Å². The van der Waals surface area contributed by atoms with E-state index >= 15 is 0 Å². The third kappa shape index (κ3) is 3.62. The summed E-state index contributed by atoms with van der Waals surface area (Å²) >= 11 is 0. The van der Waals surface area contributed by atoms with Gasteiger partial charge in [-0.1, -0.05) is 5.21 Å². The Balaban J connectivity index is 1.44. The van der Waals surface area contributed by atoms with E-state index in [2.05, 4.69) is 49.1 Å². The fourth-order valence-corrected chi connectivity index (χ4v) is 4.04. The SMILES string of the molecule is CC(C)n1cc(CC2CCN(c3cc(-c4c[nH]c(=O)[nH]c4=O)nn4ccnc34)C2)nn1. The van der Waals surface area contributed by atoms with Gasteiger partial charge in [-0.3, -0.25) is 9.78 Å². The molecule has 0 saturated carbocycles. The quantitative estimate of drug-likeness (QED) is 0.492. The summed E-state index contributed by atoms with van der Waals surface area (Å²) in [6, 6.07) is 2.16. The smallest absolute Gasteiger partial charge is 0.325 e. The zero-order valence-electron chi connectivity index (χ0n) is 17.3. The minimum Gasteiger partial charge on any atom is -0.368 e. The fourth-order valence-electron chi connectivity index (χ4n) is 4.04. The number of anilines is 1. The van der Waals surface area contributed by atoms with E-state index in [9.17, 15) is 9.59 Å². The first kappa shape index (κ1) is 19.2. The molecule has 0 amide bonds. The Hall–Kier alpha value is -3.76. The molecule has 0 aromatic carbocycles. The highest BCUT2D eigenvalue weighted by Crippen LogP contribution is 2.30. The number of H-pyrrole nitrogens is 2. The van der Waals surface area contributed by atoms with Gasteiger partial charge in [0.1, 0.15) is 5.69 Å². The predicted molar refractivity (Wildman–Crippen MR) is 114 cm³/mol. The van der Waals surface area contributed by atoms with E-state index in [0.29, 0.717) is 23.2 Å². The van der Waals surface area contributed by atoms with Crippen LogP contribution in [0.3, 0.4) is 0 Å². The van der Waals surface area contributed by atoms with E-state index in [-0.39, 0.29) is 0 Å². The molecule has 0 radical (unpaired) electrons. The average molecular weight is 421 g/mol. The highest BCUT2D eigenvalue weighted by atomic mass is 16.2. The van der Waals surface area contributed by atoms with Crippen LogP contribution >= 0.6 is 0 Å². The van der Waals surface area contributed by atoms with Gasteiger partial charge in [0.15, 0.2) is 5.65 Å². The summed E-state index contributed by atoms with van der Waals surface area (Å²) in [7, 11) is 0. The highest BCUT2D eigenvalue weighted by molar-refractivity contribution is 5.74. The van der Waals surface area contributed by atoms with Crippen LogP contribution < -0.4 is 16.1 Å². The molecule has 5 heterocycles. The van der Waals surface area contributed by atoms with Gasteiger partial charge < -0.3 is 9.88 Å². The average Bonchev–Trinajstić information content (AvgIpc) is 3.48. The lowest BCUT2D eigenvalue weighted by atomic mass is 10.0. The molecule has 1 fully saturated rings. The van der Waals surface area contributed by atoms with Crippen LogP contribution in [0.5, 0.6) is 0 Å². The number of aromatic amines is 2. The second-order valence-electron chi connectivity index (χ2n) is 8.18. The summed E-state index contributed by atoms with van der Waals surface area (Å²) in [4.78, 5) is 35.1. The molecule has 1 aliphatic rings. The number of nitrogens with zero attached hydrogens (tertiary/aromatic N) is 7. The van der Waals surface area contributed by atoms with E-state index < -0.39 is 11.2 Å². The van der Waals surface area contributed by atoms with Gasteiger partial charge in [0.2, 0.25) is 0 Å². The Morgan fingerprint density at radius 1 is 1.29 bits per heavy atom. The second kappa shape index (κ2) is 7.49. The van der Waals surface area contributed by atoms with Crippen molar-refractivity contribution in [1.82, 2.24) is 39.6 Å². The van der Waals surface area contributed by atoms with Gasteiger partial charge in [-0.25, -0.2) is 19.0 Å². The molecule has 4 aromatic heterocycles. The van der Waals surface area contributed by atoms with Crippen molar-refractivity contribution in [3.8, 4) is 11.3 Å². The van der Waals surface area contributed by atoms with Gasteiger partial charge >= 0.3 is 5.69 Å². The number of nitrogens with one attached hydrogen (secondary N) is 2. The van der Waals surface area contributed by atoms with Crippen molar-refractivity contribution in [2.24, 2.45) is 5.92 Å². The van der Waals surface area contributed by atoms with E-state index in [1.807, 2.05) is 16.9 Å². The van der Waals surface area contributed by atoms with Crippen LogP contribution in [0.15, 0.2) is 40.4 Å². The third-order valence-corrected chi connectivity index (χ3v) is 5.65. The normalized spacial score (nSPS) is 16.6.